The Morgan fingerprint density at radius 1 is 1.38 bits per heavy atom. The van der Waals surface area contributed by atoms with E-state index in [2.05, 4.69) is 16.0 Å². The van der Waals surface area contributed by atoms with Gasteiger partial charge in [-0.1, -0.05) is 18.2 Å². The molecule has 3 rings (SSSR count). The Morgan fingerprint density at radius 3 is 2.96 bits per heavy atom. The van der Waals surface area contributed by atoms with Gasteiger partial charge in [-0.3, -0.25) is 4.79 Å². The summed E-state index contributed by atoms with van der Waals surface area (Å²) in [6.45, 7) is 0.447. The molecule has 1 aromatic rings. The molecule has 3 amide bonds. The molecule has 0 radical (unpaired) electrons. The first-order chi connectivity index (χ1) is 12.3. The highest BCUT2D eigenvalue weighted by atomic mass is 19.3. The lowest BCUT2D eigenvalue weighted by Gasteiger charge is -2.36. The molecular formula is C18H24F2N4O2. The Labute approximate surface area is 151 Å². The van der Waals surface area contributed by atoms with Crippen LogP contribution in [0.5, 0.6) is 0 Å². The largest absolute Gasteiger partial charge is 0.338 e. The number of benzene rings is 1. The third-order valence-corrected chi connectivity index (χ3v) is 5.06. The van der Waals surface area contributed by atoms with E-state index in [1.165, 1.54) is 0 Å². The number of rotatable bonds is 3. The number of halogens is 2. The quantitative estimate of drug-likeness (QED) is 0.764. The van der Waals surface area contributed by atoms with Crippen LogP contribution in [-0.4, -0.2) is 55.5 Å². The first kappa shape index (κ1) is 18.6. The molecule has 2 unspecified atom stereocenters. The summed E-state index contributed by atoms with van der Waals surface area (Å²) in [5.74, 6) is -4.02. The van der Waals surface area contributed by atoms with Crippen LogP contribution >= 0.6 is 0 Å². The van der Waals surface area contributed by atoms with Crippen molar-refractivity contribution < 1.29 is 18.4 Å². The zero-order valence-electron chi connectivity index (χ0n) is 14.7. The van der Waals surface area contributed by atoms with Crippen LogP contribution in [-0.2, 0) is 11.2 Å². The summed E-state index contributed by atoms with van der Waals surface area (Å²) >= 11 is 0. The molecule has 0 aliphatic carbocycles. The van der Waals surface area contributed by atoms with Crippen LogP contribution < -0.4 is 16.0 Å². The Hall–Kier alpha value is -2.22. The van der Waals surface area contributed by atoms with E-state index in [-0.39, 0.29) is 25.4 Å². The van der Waals surface area contributed by atoms with Crippen LogP contribution in [0.25, 0.3) is 0 Å². The number of hydrogen-bond donors (Lipinski definition) is 3. The van der Waals surface area contributed by atoms with E-state index in [1.54, 1.807) is 7.05 Å². The van der Waals surface area contributed by atoms with Gasteiger partial charge in [-0.2, -0.15) is 0 Å². The van der Waals surface area contributed by atoms with Gasteiger partial charge in [0.1, 0.15) is 6.04 Å². The van der Waals surface area contributed by atoms with Crippen LogP contribution in [0.4, 0.5) is 19.3 Å². The van der Waals surface area contributed by atoms with Crippen molar-refractivity contribution in [2.75, 3.05) is 32.0 Å². The van der Waals surface area contributed by atoms with Crippen LogP contribution in [0.3, 0.4) is 0 Å². The smallest absolute Gasteiger partial charge is 0.315 e. The third kappa shape index (κ3) is 4.30. The number of carbonyl (C=O) groups excluding carboxylic acids is 2. The molecule has 0 spiro atoms. The van der Waals surface area contributed by atoms with Crippen molar-refractivity contribution in [2.24, 2.45) is 5.92 Å². The number of aryl methyl sites for hydroxylation is 1. The maximum absolute atomic E-state index is 14.0. The van der Waals surface area contributed by atoms with Gasteiger partial charge < -0.3 is 20.9 Å². The number of amides is 3. The van der Waals surface area contributed by atoms with E-state index in [0.29, 0.717) is 19.4 Å². The summed E-state index contributed by atoms with van der Waals surface area (Å²) in [5.41, 5.74) is 1.75. The predicted octanol–water partition coefficient (Wildman–Crippen LogP) is 1.83. The predicted molar refractivity (Wildman–Crippen MR) is 94.3 cm³/mol. The van der Waals surface area contributed by atoms with Gasteiger partial charge in [0.25, 0.3) is 5.92 Å². The van der Waals surface area contributed by atoms with E-state index in [4.69, 9.17) is 0 Å². The summed E-state index contributed by atoms with van der Waals surface area (Å²) in [6, 6.07) is 6.18. The van der Waals surface area contributed by atoms with E-state index < -0.39 is 23.9 Å². The molecule has 2 aliphatic rings. The minimum Gasteiger partial charge on any atom is -0.338 e. The van der Waals surface area contributed by atoms with Gasteiger partial charge in [0.2, 0.25) is 5.91 Å². The second-order valence-electron chi connectivity index (χ2n) is 7.06. The van der Waals surface area contributed by atoms with Crippen molar-refractivity contribution >= 4 is 17.6 Å². The molecule has 1 saturated heterocycles. The normalized spacial score (nSPS) is 25.6. The van der Waals surface area contributed by atoms with Gasteiger partial charge in [0.05, 0.1) is 5.92 Å². The monoisotopic (exact) mass is 366 g/mol. The van der Waals surface area contributed by atoms with Crippen LogP contribution in [0.15, 0.2) is 24.3 Å². The molecule has 3 N–H and O–H groups in total. The summed E-state index contributed by atoms with van der Waals surface area (Å²) in [4.78, 5) is 26.2. The molecule has 26 heavy (non-hydrogen) atoms. The molecule has 6 nitrogen and oxygen atoms in total. The number of urea groups is 1. The maximum atomic E-state index is 14.0. The van der Waals surface area contributed by atoms with Crippen molar-refractivity contribution in [3.63, 3.8) is 0 Å². The van der Waals surface area contributed by atoms with Gasteiger partial charge in [-0.15, -0.1) is 0 Å². The molecule has 0 aromatic heterocycles. The molecule has 0 saturated carbocycles. The lowest BCUT2D eigenvalue weighted by molar-refractivity contribution is -0.118. The topological polar surface area (TPSA) is 73.5 Å². The maximum Gasteiger partial charge on any atom is 0.315 e. The molecule has 142 valence electrons. The molecule has 0 bridgehead atoms. The summed E-state index contributed by atoms with van der Waals surface area (Å²) in [5, 5.41) is 7.90. The standard InChI is InChI=1S/C18H24F2N4O2/c1-24-9-8-18(19,20)13(11-24)10-21-17(26)23-15-7-6-12-4-2-3-5-14(12)22-16(15)25/h2-5,13,15H,6-11H2,1H3,(H,22,25)(H2,21,23,26). The highest BCUT2D eigenvalue weighted by Crippen LogP contribution is 2.32. The third-order valence-electron chi connectivity index (χ3n) is 5.06. The molecule has 2 aliphatic heterocycles. The van der Waals surface area contributed by atoms with Gasteiger partial charge >= 0.3 is 6.03 Å². The molecule has 1 fully saturated rings. The van der Waals surface area contributed by atoms with Crippen molar-refractivity contribution in [3.8, 4) is 0 Å². The number of piperidine rings is 1. The number of carbonyl (C=O) groups is 2. The number of nitrogens with zero attached hydrogens (tertiary/aromatic N) is 1. The lowest BCUT2D eigenvalue weighted by Crippen LogP contribution is -2.53. The fourth-order valence-electron chi connectivity index (χ4n) is 3.43. The first-order valence-corrected chi connectivity index (χ1v) is 8.84. The number of anilines is 1. The van der Waals surface area contributed by atoms with Gasteiger partial charge in [-0.25, -0.2) is 13.6 Å². The minimum absolute atomic E-state index is 0.127. The van der Waals surface area contributed by atoms with Gasteiger partial charge in [-0.05, 0) is 31.5 Å². The highest BCUT2D eigenvalue weighted by Gasteiger charge is 2.43. The fourth-order valence-corrected chi connectivity index (χ4v) is 3.43. The Balaban J connectivity index is 1.53. The SMILES string of the molecule is CN1CCC(F)(F)C(CNC(=O)NC2CCc3ccccc3NC2=O)C1. The Kier molecular flexibility index (Phi) is 5.41. The molecule has 8 heteroatoms. The number of alkyl halides is 2. The van der Waals surface area contributed by atoms with Crippen molar-refractivity contribution in [3.05, 3.63) is 29.8 Å². The Bertz CT molecular complexity index is 683. The van der Waals surface area contributed by atoms with Crippen LogP contribution in [0.1, 0.15) is 18.4 Å². The molecular weight excluding hydrogens is 342 g/mol. The zero-order valence-corrected chi connectivity index (χ0v) is 14.7. The zero-order chi connectivity index (χ0) is 18.7. The van der Waals surface area contributed by atoms with Crippen molar-refractivity contribution in [1.82, 2.24) is 15.5 Å². The van der Waals surface area contributed by atoms with Crippen LogP contribution in [0, 0.1) is 5.92 Å². The van der Waals surface area contributed by atoms with E-state index in [1.807, 2.05) is 29.2 Å². The average molecular weight is 366 g/mol. The number of likely N-dealkylation sites (tertiary alicyclic amines) is 1. The summed E-state index contributed by atoms with van der Waals surface area (Å²) < 4.78 is 27.9. The van der Waals surface area contributed by atoms with E-state index in [9.17, 15) is 18.4 Å². The summed E-state index contributed by atoms with van der Waals surface area (Å²) in [7, 11) is 1.79. The van der Waals surface area contributed by atoms with E-state index >= 15 is 0 Å². The van der Waals surface area contributed by atoms with E-state index in [0.717, 1.165) is 11.3 Å². The van der Waals surface area contributed by atoms with Gasteiger partial charge in [0, 0.05) is 31.7 Å². The number of para-hydroxylation sites is 1. The molecule has 2 atom stereocenters. The van der Waals surface area contributed by atoms with Crippen LogP contribution in [0.2, 0.25) is 0 Å². The minimum atomic E-state index is -2.79. The lowest BCUT2D eigenvalue weighted by atomic mass is 9.94. The second-order valence-corrected chi connectivity index (χ2v) is 7.06. The number of fused-ring (bicyclic) bond motifs is 1. The molecule has 2 heterocycles. The highest BCUT2D eigenvalue weighted by molar-refractivity contribution is 5.98. The number of nitrogens with one attached hydrogen (secondary N) is 3. The Morgan fingerprint density at radius 2 is 2.15 bits per heavy atom. The fraction of sp³-hybridized carbons (Fsp3) is 0.556. The van der Waals surface area contributed by atoms with Crippen molar-refractivity contribution in [1.29, 1.82) is 0 Å². The second kappa shape index (κ2) is 7.57. The molecule has 1 aromatic carbocycles. The van der Waals surface area contributed by atoms with Crippen molar-refractivity contribution in [2.45, 2.75) is 31.2 Å². The average Bonchev–Trinajstić information content (AvgIpc) is 2.75. The van der Waals surface area contributed by atoms with Gasteiger partial charge in [0.15, 0.2) is 0 Å². The number of hydrogen-bond acceptors (Lipinski definition) is 3. The first-order valence-electron chi connectivity index (χ1n) is 8.84. The summed E-state index contributed by atoms with van der Waals surface area (Å²) in [6.07, 6.45) is 0.894.